The molecular formula is C15H18N2. The van der Waals surface area contributed by atoms with E-state index in [9.17, 15) is 0 Å². The lowest BCUT2D eigenvalue weighted by molar-refractivity contribution is 0.684. The van der Waals surface area contributed by atoms with E-state index in [2.05, 4.69) is 48.4 Å². The third-order valence-corrected chi connectivity index (χ3v) is 3.05. The Hall–Kier alpha value is -1.67. The highest BCUT2D eigenvalue weighted by molar-refractivity contribution is 5.38. The second-order valence-corrected chi connectivity index (χ2v) is 4.37. The van der Waals surface area contributed by atoms with E-state index >= 15 is 0 Å². The largest absolute Gasteiger partial charge is 0.309 e. The highest BCUT2D eigenvalue weighted by Crippen LogP contribution is 2.24. The predicted octanol–water partition coefficient (Wildman–Crippen LogP) is 3.01. The highest BCUT2D eigenvalue weighted by atomic mass is 14.9. The molecule has 0 radical (unpaired) electrons. The fraction of sp³-hybridized carbons (Fsp3) is 0.267. The van der Waals surface area contributed by atoms with Gasteiger partial charge in [-0.3, -0.25) is 4.98 Å². The smallest absolute Gasteiger partial charge is 0.0592 e. The van der Waals surface area contributed by atoms with E-state index in [1.165, 1.54) is 22.3 Å². The van der Waals surface area contributed by atoms with Crippen LogP contribution in [0.15, 0.2) is 42.7 Å². The zero-order valence-corrected chi connectivity index (χ0v) is 10.6. The molecule has 0 saturated carbocycles. The summed E-state index contributed by atoms with van der Waals surface area (Å²) in [4.78, 5) is 4.19. The van der Waals surface area contributed by atoms with Gasteiger partial charge in [-0.15, -0.1) is 0 Å². The maximum Gasteiger partial charge on any atom is 0.0592 e. The molecular weight excluding hydrogens is 208 g/mol. The van der Waals surface area contributed by atoms with Crippen LogP contribution < -0.4 is 5.32 Å². The van der Waals surface area contributed by atoms with Gasteiger partial charge in [0, 0.05) is 12.4 Å². The van der Waals surface area contributed by atoms with E-state index in [0.717, 1.165) is 0 Å². The van der Waals surface area contributed by atoms with E-state index < -0.39 is 0 Å². The van der Waals surface area contributed by atoms with Crippen LogP contribution in [0, 0.1) is 13.8 Å². The average molecular weight is 226 g/mol. The summed E-state index contributed by atoms with van der Waals surface area (Å²) >= 11 is 0. The van der Waals surface area contributed by atoms with E-state index in [4.69, 9.17) is 0 Å². The van der Waals surface area contributed by atoms with Crippen molar-refractivity contribution in [2.24, 2.45) is 0 Å². The Bertz CT molecular complexity index is 492. The summed E-state index contributed by atoms with van der Waals surface area (Å²) in [6, 6.07) is 10.9. The minimum Gasteiger partial charge on any atom is -0.309 e. The van der Waals surface area contributed by atoms with Crippen molar-refractivity contribution >= 4 is 0 Å². The van der Waals surface area contributed by atoms with Crippen molar-refractivity contribution in [2.45, 2.75) is 19.9 Å². The summed E-state index contributed by atoms with van der Waals surface area (Å²) in [5.41, 5.74) is 5.11. The summed E-state index contributed by atoms with van der Waals surface area (Å²) in [6.07, 6.45) is 3.72. The SMILES string of the molecule is CNC(c1cccnc1)c1cc(C)ccc1C. The van der Waals surface area contributed by atoms with Crippen molar-refractivity contribution in [1.82, 2.24) is 10.3 Å². The summed E-state index contributed by atoms with van der Waals surface area (Å²) in [5, 5.41) is 3.36. The number of aryl methyl sites for hydroxylation is 2. The second-order valence-electron chi connectivity index (χ2n) is 4.37. The Kier molecular flexibility index (Phi) is 3.55. The van der Waals surface area contributed by atoms with Gasteiger partial charge in [-0.05, 0) is 43.7 Å². The molecule has 1 heterocycles. The standard InChI is InChI=1S/C15H18N2/c1-11-6-7-12(2)14(9-11)15(16-3)13-5-4-8-17-10-13/h4-10,15-16H,1-3H3. The number of hydrogen-bond acceptors (Lipinski definition) is 2. The van der Waals surface area contributed by atoms with Gasteiger partial charge >= 0.3 is 0 Å². The van der Waals surface area contributed by atoms with Crippen molar-refractivity contribution in [1.29, 1.82) is 0 Å². The summed E-state index contributed by atoms with van der Waals surface area (Å²) in [5.74, 6) is 0. The van der Waals surface area contributed by atoms with Gasteiger partial charge in [-0.25, -0.2) is 0 Å². The fourth-order valence-corrected chi connectivity index (χ4v) is 2.12. The lowest BCUT2D eigenvalue weighted by Crippen LogP contribution is -2.18. The van der Waals surface area contributed by atoms with Gasteiger partial charge in [0.15, 0.2) is 0 Å². The van der Waals surface area contributed by atoms with Crippen LogP contribution in [0.2, 0.25) is 0 Å². The molecule has 1 N–H and O–H groups in total. The van der Waals surface area contributed by atoms with Crippen LogP contribution in [0.5, 0.6) is 0 Å². The van der Waals surface area contributed by atoms with Gasteiger partial charge in [0.2, 0.25) is 0 Å². The zero-order chi connectivity index (χ0) is 12.3. The molecule has 1 unspecified atom stereocenters. The Morgan fingerprint density at radius 2 is 2.00 bits per heavy atom. The van der Waals surface area contributed by atoms with Gasteiger partial charge < -0.3 is 5.32 Å². The first kappa shape index (κ1) is 11.8. The minimum atomic E-state index is 0.212. The predicted molar refractivity (Wildman–Crippen MR) is 71.1 cm³/mol. The van der Waals surface area contributed by atoms with Crippen LogP contribution in [-0.2, 0) is 0 Å². The molecule has 2 nitrogen and oxygen atoms in total. The lowest BCUT2D eigenvalue weighted by atomic mass is 9.94. The molecule has 0 aliphatic heterocycles. The molecule has 2 aromatic rings. The molecule has 1 aromatic heterocycles. The molecule has 2 heteroatoms. The topological polar surface area (TPSA) is 24.9 Å². The molecule has 2 rings (SSSR count). The van der Waals surface area contributed by atoms with Gasteiger partial charge in [0.05, 0.1) is 6.04 Å². The summed E-state index contributed by atoms with van der Waals surface area (Å²) in [6.45, 7) is 4.27. The van der Waals surface area contributed by atoms with Crippen LogP contribution in [0.25, 0.3) is 0 Å². The maximum absolute atomic E-state index is 4.19. The van der Waals surface area contributed by atoms with Crippen molar-refractivity contribution in [3.63, 3.8) is 0 Å². The van der Waals surface area contributed by atoms with Gasteiger partial charge in [0.1, 0.15) is 0 Å². The van der Waals surface area contributed by atoms with Crippen LogP contribution in [0.3, 0.4) is 0 Å². The first-order chi connectivity index (χ1) is 8.22. The van der Waals surface area contributed by atoms with Crippen LogP contribution in [0.1, 0.15) is 28.3 Å². The molecule has 0 amide bonds. The first-order valence-electron chi connectivity index (χ1n) is 5.86. The van der Waals surface area contributed by atoms with Crippen LogP contribution in [0.4, 0.5) is 0 Å². The van der Waals surface area contributed by atoms with Crippen molar-refractivity contribution in [3.8, 4) is 0 Å². The number of hydrogen-bond donors (Lipinski definition) is 1. The van der Waals surface area contributed by atoms with E-state index in [-0.39, 0.29) is 6.04 Å². The lowest BCUT2D eigenvalue weighted by Gasteiger charge is -2.19. The number of nitrogens with zero attached hydrogens (tertiary/aromatic N) is 1. The van der Waals surface area contributed by atoms with Gasteiger partial charge in [-0.1, -0.05) is 29.8 Å². The molecule has 0 spiro atoms. The maximum atomic E-state index is 4.19. The number of pyridine rings is 1. The molecule has 88 valence electrons. The Morgan fingerprint density at radius 1 is 1.18 bits per heavy atom. The molecule has 17 heavy (non-hydrogen) atoms. The molecule has 0 fully saturated rings. The number of rotatable bonds is 3. The van der Waals surface area contributed by atoms with Crippen molar-refractivity contribution < 1.29 is 0 Å². The van der Waals surface area contributed by atoms with Crippen molar-refractivity contribution in [3.05, 3.63) is 65.0 Å². The monoisotopic (exact) mass is 226 g/mol. The normalized spacial score (nSPS) is 12.4. The van der Waals surface area contributed by atoms with Gasteiger partial charge in [0.25, 0.3) is 0 Å². The van der Waals surface area contributed by atoms with Crippen LogP contribution in [-0.4, -0.2) is 12.0 Å². The molecule has 0 saturated heterocycles. The van der Waals surface area contributed by atoms with Crippen molar-refractivity contribution in [2.75, 3.05) is 7.05 Å². The Balaban J connectivity index is 2.46. The molecule has 0 bridgehead atoms. The number of aromatic nitrogens is 1. The van der Waals surface area contributed by atoms with Gasteiger partial charge in [-0.2, -0.15) is 0 Å². The second kappa shape index (κ2) is 5.11. The first-order valence-corrected chi connectivity index (χ1v) is 5.86. The van der Waals surface area contributed by atoms with Crippen LogP contribution >= 0.6 is 0 Å². The third-order valence-electron chi connectivity index (χ3n) is 3.05. The molecule has 1 atom stereocenters. The minimum absolute atomic E-state index is 0.212. The fourth-order valence-electron chi connectivity index (χ4n) is 2.12. The number of benzene rings is 1. The third kappa shape index (κ3) is 2.53. The van der Waals surface area contributed by atoms with E-state index in [1.54, 1.807) is 6.20 Å². The number of nitrogens with one attached hydrogen (secondary N) is 1. The summed E-state index contributed by atoms with van der Waals surface area (Å²) < 4.78 is 0. The highest BCUT2D eigenvalue weighted by Gasteiger charge is 2.14. The van der Waals surface area contributed by atoms with E-state index in [1.807, 2.05) is 19.3 Å². The summed E-state index contributed by atoms with van der Waals surface area (Å²) in [7, 11) is 1.99. The Morgan fingerprint density at radius 3 is 2.65 bits per heavy atom. The molecule has 1 aromatic carbocycles. The Labute approximate surface area is 103 Å². The zero-order valence-electron chi connectivity index (χ0n) is 10.6. The molecule has 0 aliphatic rings. The quantitative estimate of drug-likeness (QED) is 0.870. The molecule has 0 aliphatic carbocycles. The average Bonchev–Trinajstić information content (AvgIpc) is 2.36. The van der Waals surface area contributed by atoms with E-state index in [0.29, 0.717) is 0 Å².